The number of carbonyl (C=O) groups is 1. The summed E-state index contributed by atoms with van der Waals surface area (Å²) < 4.78 is 11.1. The van der Waals surface area contributed by atoms with Crippen LogP contribution < -0.4 is 0 Å². The second-order valence-electron chi connectivity index (χ2n) is 4.75. The van der Waals surface area contributed by atoms with E-state index in [0.717, 1.165) is 12.8 Å². The summed E-state index contributed by atoms with van der Waals surface area (Å²) in [6, 6.07) is 0. The summed E-state index contributed by atoms with van der Waals surface area (Å²) in [6.07, 6.45) is 2.84. The maximum absolute atomic E-state index is 11.7. The van der Waals surface area contributed by atoms with Gasteiger partial charge in [0.2, 0.25) is 0 Å². The smallest absolute Gasteiger partial charge is 0.166 e. The van der Waals surface area contributed by atoms with E-state index in [1.165, 1.54) is 17.6 Å². The van der Waals surface area contributed by atoms with E-state index in [1.807, 2.05) is 0 Å². The molecule has 3 rings (SSSR count). The molecular weight excluding hydrogens is 208 g/mol. The molecule has 0 aromatic carbocycles. The van der Waals surface area contributed by atoms with Gasteiger partial charge in [-0.1, -0.05) is 5.57 Å². The highest BCUT2D eigenvalue weighted by molar-refractivity contribution is 5.84. The Kier molecular flexibility index (Phi) is 2.58. The second kappa shape index (κ2) is 3.95. The summed E-state index contributed by atoms with van der Waals surface area (Å²) in [5, 5.41) is 9.03. The van der Waals surface area contributed by atoms with Crippen LogP contribution in [0.3, 0.4) is 0 Å². The largest absolute Gasteiger partial charge is 0.393 e. The van der Waals surface area contributed by atoms with Crippen LogP contribution in [0.1, 0.15) is 25.7 Å². The van der Waals surface area contributed by atoms with Gasteiger partial charge in [-0.2, -0.15) is 0 Å². The molecule has 0 aromatic rings. The molecule has 4 nitrogen and oxygen atoms in total. The van der Waals surface area contributed by atoms with Gasteiger partial charge >= 0.3 is 0 Å². The minimum absolute atomic E-state index is 0.00741. The normalized spacial score (nSPS) is 38.6. The highest BCUT2D eigenvalue weighted by atomic mass is 16.7. The summed E-state index contributed by atoms with van der Waals surface area (Å²) in [7, 11) is 0. The fraction of sp³-hybridized carbons (Fsp3) is 0.750. The van der Waals surface area contributed by atoms with Gasteiger partial charge in [0.05, 0.1) is 13.2 Å². The molecule has 1 aliphatic carbocycles. The average molecular weight is 224 g/mol. The van der Waals surface area contributed by atoms with Gasteiger partial charge in [-0.15, -0.1) is 0 Å². The van der Waals surface area contributed by atoms with E-state index in [-0.39, 0.29) is 24.6 Å². The summed E-state index contributed by atoms with van der Waals surface area (Å²) in [4.78, 5) is 11.7. The molecule has 0 aromatic heterocycles. The summed E-state index contributed by atoms with van der Waals surface area (Å²) >= 11 is 0. The van der Waals surface area contributed by atoms with Crippen molar-refractivity contribution in [3.05, 3.63) is 11.1 Å². The number of ether oxygens (including phenoxy) is 2. The number of rotatable bonds is 1. The minimum atomic E-state index is -0.676. The molecule has 0 spiro atoms. The number of fused-ring (bicyclic) bond motifs is 2. The van der Waals surface area contributed by atoms with Crippen molar-refractivity contribution < 1.29 is 19.4 Å². The maximum atomic E-state index is 11.7. The molecule has 0 amide bonds. The van der Waals surface area contributed by atoms with Gasteiger partial charge in [0.15, 0.2) is 12.1 Å². The van der Waals surface area contributed by atoms with Crippen LogP contribution in [0.5, 0.6) is 0 Å². The van der Waals surface area contributed by atoms with Crippen LogP contribution in [-0.2, 0) is 14.3 Å². The molecule has 1 fully saturated rings. The molecule has 3 aliphatic rings. The first-order valence-corrected chi connectivity index (χ1v) is 5.91. The quantitative estimate of drug-likeness (QED) is 0.669. The fourth-order valence-electron chi connectivity index (χ4n) is 2.99. The average Bonchev–Trinajstić information content (AvgIpc) is 2.76. The molecule has 0 radical (unpaired) electrons. The number of hydrogen-bond donors (Lipinski definition) is 1. The molecule has 0 bridgehead atoms. The molecule has 1 saturated heterocycles. The monoisotopic (exact) mass is 224 g/mol. The van der Waals surface area contributed by atoms with Crippen molar-refractivity contribution in [1.82, 2.24) is 0 Å². The highest BCUT2D eigenvalue weighted by Crippen LogP contribution is 2.42. The Morgan fingerprint density at radius 3 is 3.06 bits per heavy atom. The van der Waals surface area contributed by atoms with E-state index < -0.39 is 6.10 Å². The lowest BCUT2D eigenvalue weighted by Gasteiger charge is -2.38. The predicted molar refractivity (Wildman–Crippen MR) is 55.7 cm³/mol. The Labute approximate surface area is 94.2 Å². The molecule has 3 atom stereocenters. The van der Waals surface area contributed by atoms with Crippen molar-refractivity contribution in [2.45, 2.75) is 38.1 Å². The van der Waals surface area contributed by atoms with Crippen LogP contribution in [0.25, 0.3) is 0 Å². The first-order chi connectivity index (χ1) is 7.79. The van der Waals surface area contributed by atoms with Crippen molar-refractivity contribution in [1.29, 1.82) is 0 Å². The van der Waals surface area contributed by atoms with Gasteiger partial charge in [-0.3, -0.25) is 4.79 Å². The molecule has 0 unspecified atom stereocenters. The summed E-state index contributed by atoms with van der Waals surface area (Å²) in [5.74, 6) is 0.120. The van der Waals surface area contributed by atoms with Crippen LogP contribution in [-0.4, -0.2) is 36.5 Å². The number of hydrogen-bond acceptors (Lipinski definition) is 4. The molecule has 88 valence electrons. The van der Waals surface area contributed by atoms with Crippen LogP contribution in [0, 0.1) is 5.92 Å². The SMILES string of the molecule is O=C1C[C@H]2C3=C(CCC3)CO[C@H]2O[C@@H]1CO. The zero-order chi connectivity index (χ0) is 11.1. The number of aliphatic hydroxyl groups is 1. The number of ketones is 1. The lowest BCUT2D eigenvalue weighted by atomic mass is 9.85. The van der Waals surface area contributed by atoms with E-state index in [2.05, 4.69) is 0 Å². The van der Waals surface area contributed by atoms with Crippen molar-refractivity contribution in [2.24, 2.45) is 5.92 Å². The van der Waals surface area contributed by atoms with E-state index in [4.69, 9.17) is 14.6 Å². The highest BCUT2D eigenvalue weighted by Gasteiger charge is 2.42. The lowest BCUT2D eigenvalue weighted by molar-refractivity contribution is -0.218. The zero-order valence-electron chi connectivity index (χ0n) is 9.15. The molecule has 0 saturated carbocycles. The van der Waals surface area contributed by atoms with Crippen LogP contribution in [0.2, 0.25) is 0 Å². The van der Waals surface area contributed by atoms with Crippen LogP contribution in [0.4, 0.5) is 0 Å². The molecule has 1 N–H and O–H groups in total. The van der Waals surface area contributed by atoms with Gasteiger partial charge in [-0.05, 0) is 24.8 Å². The Morgan fingerprint density at radius 1 is 1.38 bits per heavy atom. The number of carbonyl (C=O) groups excluding carboxylic acids is 1. The maximum Gasteiger partial charge on any atom is 0.166 e. The zero-order valence-corrected chi connectivity index (χ0v) is 9.15. The van der Waals surface area contributed by atoms with Crippen molar-refractivity contribution in [3.63, 3.8) is 0 Å². The fourth-order valence-corrected chi connectivity index (χ4v) is 2.99. The second-order valence-corrected chi connectivity index (χ2v) is 4.75. The first-order valence-electron chi connectivity index (χ1n) is 5.91. The third kappa shape index (κ3) is 1.52. The van der Waals surface area contributed by atoms with E-state index in [1.54, 1.807) is 0 Å². The van der Waals surface area contributed by atoms with Crippen LogP contribution >= 0.6 is 0 Å². The third-order valence-electron chi connectivity index (χ3n) is 3.82. The van der Waals surface area contributed by atoms with Crippen molar-refractivity contribution in [2.75, 3.05) is 13.2 Å². The third-order valence-corrected chi connectivity index (χ3v) is 3.82. The minimum Gasteiger partial charge on any atom is -0.393 e. The van der Waals surface area contributed by atoms with E-state index >= 15 is 0 Å². The predicted octanol–water partition coefficient (Wildman–Crippen LogP) is 0.790. The number of aliphatic hydroxyl groups excluding tert-OH is 1. The van der Waals surface area contributed by atoms with E-state index in [9.17, 15) is 4.79 Å². The number of Topliss-reactive ketones (excluding diaryl/α,β-unsaturated/α-hetero) is 1. The van der Waals surface area contributed by atoms with Gasteiger partial charge in [0, 0.05) is 12.3 Å². The molecule has 2 heterocycles. The first kappa shape index (κ1) is 10.4. The molecule has 16 heavy (non-hydrogen) atoms. The summed E-state index contributed by atoms with van der Waals surface area (Å²) in [6.45, 7) is 0.403. The Morgan fingerprint density at radius 2 is 2.25 bits per heavy atom. The van der Waals surface area contributed by atoms with Crippen molar-refractivity contribution in [3.8, 4) is 0 Å². The van der Waals surface area contributed by atoms with E-state index in [0.29, 0.717) is 13.0 Å². The van der Waals surface area contributed by atoms with Gasteiger partial charge in [-0.25, -0.2) is 0 Å². The Balaban J connectivity index is 1.83. The molecular formula is C12H16O4. The van der Waals surface area contributed by atoms with Crippen molar-refractivity contribution >= 4 is 5.78 Å². The van der Waals surface area contributed by atoms with Gasteiger partial charge in [0.25, 0.3) is 0 Å². The molecule has 2 aliphatic heterocycles. The standard InChI is InChI=1S/C12H16O4/c13-5-11-10(14)4-9-8-3-1-2-7(8)6-15-12(9)16-11/h9,11-13H,1-6H2/t9-,11+,12-/m0/s1. The van der Waals surface area contributed by atoms with Gasteiger partial charge in [0.1, 0.15) is 6.10 Å². The van der Waals surface area contributed by atoms with Crippen LogP contribution in [0.15, 0.2) is 11.1 Å². The lowest BCUT2D eigenvalue weighted by Crippen LogP contribution is -2.47. The topological polar surface area (TPSA) is 55.8 Å². The Bertz CT molecular complexity index is 347. The molecule has 4 heteroatoms. The van der Waals surface area contributed by atoms with Gasteiger partial charge < -0.3 is 14.6 Å². The summed E-state index contributed by atoms with van der Waals surface area (Å²) in [5.41, 5.74) is 2.76. The Hall–Kier alpha value is -0.710.